The van der Waals surface area contributed by atoms with Crippen LogP contribution in [0.15, 0.2) is 60.8 Å². The van der Waals surface area contributed by atoms with Crippen LogP contribution >= 0.6 is 0 Å². The average Bonchev–Trinajstić information content (AvgIpc) is 2.87. The molecule has 134 valence electrons. The average molecular weight is 355 g/mol. The fraction of sp³-hybridized carbons (Fsp3) is 0.261. The van der Waals surface area contributed by atoms with Crippen LogP contribution in [0.25, 0.3) is 32.4 Å². The van der Waals surface area contributed by atoms with Gasteiger partial charge < -0.3 is 9.31 Å². The summed E-state index contributed by atoms with van der Waals surface area (Å²) in [6.07, 6.45) is 1.96. The third-order valence-corrected chi connectivity index (χ3v) is 6.14. The highest BCUT2D eigenvalue weighted by atomic mass is 16.7. The maximum Gasteiger partial charge on any atom is 0.497 e. The Balaban J connectivity index is 1.79. The number of fused-ring (bicyclic) bond motifs is 5. The van der Waals surface area contributed by atoms with Gasteiger partial charge in [0.05, 0.1) is 16.7 Å². The van der Waals surface area contributed by atoms with Crippen LogP contribution in [0, 0.1) is 0 Å². The van der Waals surface area contributed by atoms with E-state index in [9.17, 15) is 0 Å². The van der Waals surface area contributed by atoms with E-state index >= 15 is 0 Å². The van der Waals surface area contributed by atoms with Gasteiger partial charge in [-0.3, -0.25) is 4.98 Å². The number of benzene rings is 3. The zero-order valence-corrected chi connectivity index (χ0v) is 16.1. The molecule has 0 amide bonds. The summed E-state index contributed by atoms with van der Waals surface area (Å²) in [5.74, 6) is 0. The second kappa shape index (κ2) is 5.54. The van der Waals surface area contributed by atoms with Crippen molar-refractivity contribution in [1.82, 2.24) is 4.98 Å². The fourth-order valence-corrected chi connectivity index (χ4v) is 3.90. The Labute approximate surface area is 159 Å². The molecule has 1 fully saturated rings. The van der Waals surface area contributed by atoms with Gasteiger partial charge in [0.25, 0.3) is 0 Å². The van der Waals surface area contributed by atoms with Crippen LogP contribution in [0.2, 0.25) is 0 Å². The topological polar surface area (TPSA) is 31.4 Å². The van der Waals surface area contributed by atoms with E-state index in [1.807, 2.05) is 6.20 Å². The van der Waals surface area contributed by atoms with Crippen molar-refractivity contribution in [2.24, 2.45) is 0 Å². The first kappa shape index (κ1) is 16.7. The Kier molecular flexibility index (Phi) is 3.43. The van der Waals surface area contributed by atoms with Crippen molar-refractivity contribution in [2.75, 3.05) is 0 Å². The zero-order valence-electron chi connectivity index (χ0n) is 16.1. The van der Waals surface area contributed by atoms with E-state index in [1.54, 1.807) is 0 Å². The summed E-state index contributed by atoms with van der Waals surface area (Å²) in [7, 11) is -0.418. The maximum atomic E-state index is 6.30. The Morgan fingerprint density at radius 2 is 1.41 bits per heavy atom. The Morgan fingerprint density at radius 3 is 2.19 bits per heavy atom. The molecule has 3 nitrogen and oxygen atoms in total. The van der Waals surface area contributed by atoms with Gasteiger partial charge in [-0.15, -0.1) is 0 Å². The summed E-state index contributed by atoms with van der Waals surface area (Å²) < 4.78 is 12.6. The normalized spacial score (nSPS) is 18.6. The van der Waals surface area contributed by atoms with Crippen LogP contribution in [0.4, 0.5) is 0 Å². The number of aromatic nitrogens is 1. The zero-order chi connectivity index (χ0) is 18.8. The number of hydrogen-bond acceptors (Lipinski definition) is 3. The minimum absolute atomic E-state index is 0.372. The van der Waals surface area contributed by atoms with Gasteiger partial charge in [0.1, 0.15) is 0 Å². The van der Waals surface area contributed by atoms with Crippen LogP contribution in [-0.4, -0.2) is 23.3 Å². The molecule has 1 saturated heterocycles. The van der Waals surface area contributed by atoms with Crippen molar-refractivity contribution in [3.63, 3.8) is 0 Å². The van der Waals surface area contributed by atoms with Gasteiger partial charge in [-0.25, -0.2) is 0 Å². The molecule has 0 atom stereocenters. The van der Waals surface area contributed by atoms with E-state index in [0.717, 1.165) is 21.8 Å². The van der Waals surface area contributed by atoms with Gasteiger partial charge in [-0.1, -0.05) is 54.6 Å². The molecule has 2 heterocycles. The molecule has 5 rings (SSSR count). The van der Waals surface area contributed by atoms with Crippen molar-refractivity contribution in [3.8, 4) is 0 Å². The van der Waals surface area contributed by atoms with Crippen molar-refractivity contribution in [2.45, 2.75) is 38.9 Å². The molecule has 1 aromatic heterocycles. The van der Waals surface area contributed by atoms with Crippen molar-refractivity contribution < 1.29 is 9.31 Å². The summed E-state index contributed by atoms with van der Waals surface area (Å²) in [5, 5.41) is 5.99. The van der Waals surface area contributed by atoms with Crippen LogP contribution < -0.4 is 5.46 Å². The first-order valence-corrected chi connectivity index (χ1v) is 9.42. The van der Waals surface area contributed by atoms with Crippen LogP contribution in [0.1, 0.15) is 27.7 Å². The molecule has 0 unspecified atom stereocenters. The summed E-state index contributed by atoms with van der Waals surface area (Å²) >= 11 is 0. The summed E-state index contributed by atoms with van der Waals surface area (Å²) in [5.41, 5.74) is 1.19. The van der Waals surface area contributed by atoms with E-state index in [-0.39, 0.29) is 11.2 Å². The highest BCUT2D eigenvalue weighted by Gasteiger charge is 2.52. The first-order chi connectivity index (χ1) is 12.9. The largest absolute Gasteiger partial charge is 0.497 e. The van der Waals surface area contributed by atoms with E-state index in [4.69, 9.17) is 14.3 Å². The van der Waals surface area contributed by atoms with E-state index in [0.29, 0.717) is 0 Å². The summed E-state index contributed by atoms with van der Waals surface area (Å²) in [6.45, 7) is 8.31. The molecular formula is C23H22BNO2. The molecule has 4 heteroatoms. The lowest BCUT2D eigenvalue weighted by Crippen LogP contribution is -2.41. The highest BCUT2D eigenvalue weighted by molar-refractivity contribution is 6.65. The standard InChI is InChI=1S/C23H22BNO2/c1-22(2)23(3,4)27-24(26-22)19-11-7-10-18-20-16(14-25-21(18)19)13-12-15-8-5-6-9-17(15)20/h5-14H,1-4H3. The van der Waals surface area contributed by atoms with E-state index < -0.39 is 7.12 Å². The monoisotopic (exact) mass is 355 g/mol. The third-order valence-electron chi connectivity index (χ3n) is 6.14. The molecule has 3 aromatic carbocycles. The third kappa shape index (κ3) is 2.40. The molecule has 0 radical (unpaired) electrons. The summed E-state index contributed by atoms with van der Waals surface area (Å²) in [6, 6.07) is 19.1. The summed E-state index contributed by atoms with van der Waals surface area (Å²) in [4.78, 5) is 4.80. The first-order valence-electron chi connectivity index (χ1n) is 9.42. The maximum absolute atomic E-state index is 6.30. The number of para-hydroxylation sites is 1. The molecule has 1 aliphatic heterocycles. The molecule has 0 bridgehead atoms. The lowest BCUT2D eigenvalue weighted by molar-refractivity contribution is 0.00578. The van der Waals surface area contributed by atoms with Crippen LogP contribution in [0.3, 0.4) is 0 Å². The smallest absolute Gasteiger partial charge is 0.399 e. The highest BCUT2D eigenvalue weighted by Crippen LogP contribution is 2.37. The van der Waals surface area contributed by atoms with Crippen LogP contribution in [-0.2, 0) is 9.31 Å². The Bertz CT molecular complexity index is 1180. The van der Waals surface area contributed by atoms with Crippen molar-refractivity contribution >= 4 is 45.0 Å². The molecule has 0 spiro atoms. The minimum Gasteiger partial charge on any atom is -0.399 e. The molecule has 0 saturated carbocycles. The second-order valence-corrected chi connectivity index (χ2v) is 8.34. The molecular weight excluding hydrogens is 333 g/mol. The van der Waals surface area contributed by atoms with Gasteiger partial charge in [-0.05, 0) is 38.5 Å². The molecule has 0 aliphatic carbocycles. The van der Waals surface area contributed by atoms with Gasteiger partial charge in [0, 0.05) is 27.8 Å². The Morgan fingerprint density at radius 1 is 0.741 bits per heavy atom. The molecule has 1 aliphatic rings. The number of rotatable bonds is 1. The van der Waals surface area contributed by atoms with Gasteiger partial charge in [0.15, 0.2) is 0 Å². The van der Waals surface area contributed by atoms with Gasteiger partial charge in [0.2, 0.25) is 0 Å². The lowest BCUT2D eigenvalue weighted by Gasteiger charge is -2.32. The lowest BCUT2D eigenvalue weighted by atomic mass is 9.77. The van der Waals surface area contributed by atoms with Crippen molar-refractivity contribution in [3.05, 3.63) is 60.8 Å². The number of hydrogen-bond donors (Lipinski definition) is 0. The molecule has 4 aromatic rings. The molecule has 0 N–H and O–H groups in total. The van der Waals surface area contributed by atoms with E-state index in [1.165, 1.54) is 16.2 Å². The Hall–Kier alpha value is -2.43. The second-order valence-electron chi connectivity index (χ2n) is 8.34. The number of pyridine rings is 1. The predicted octanol–water partition coefficient (Wildman–Crippen LogP) is 4.84. The predicted molar refractivity (Wildman–Crippen MR) is 112 cm³/mol. The SMILES string of the molecule is CC1(C)OB(c2cccc3c2ncc2ccc4ccccc4c23)OC1(C)C. The van der Waals surface area contributed by atoms with Crippen LogP contribution in [0.5, 0.6) is 0 Å². The van der Waals surface area contributed by atoms with Gasteiger partial charge >= 0.3 is 7.12 Å². The quantitative estimate of drug-likeness (QED) is 0.362. The molecule has 27 heavy (non-hydrogen) atoms. The van der Waals surface area contributed by atoms with E-state index in [2.05, 4.69) is 82.3 Å². The number of nitrogens with zero attached hydrogens (tertiary/aromatic N) is 1. The minimum atomic E-state index is -0.418. The van der Waals surface area contributed by atoms with Crippen molar-refractivity contribution in [1.29, 1.82) is 0 Å². The van der Waals surface area contributed by atoms with Gasteiger partial charge in [-0.2, -0.15) is 0 Å². The fourth-order valence-electron chi connectivity index (χ4n) is 3.90.